The highest BCUT2D eigenvalue weighted by atomic mass is 35.5. The Morgan fingerprint density at radius 2 is 2.04 bits per heavy atom. The highest BCUT2D eigenvalue weighted by Gasteiger charge is 2.11. The molecule has 4 rings (SSSR count). The molecule has 1 aliphatic rings. The third kappa shape index (κ3) is 4.99. The third-order valence-corrected chi connectivity index (χ3v) is 5.91. The Bertz CT molecular complexity index is 897. The number of aromatic nitrogens is 4. The normalized spacial score (nSPS) is 15.4. The number of fused-ring (bicyclic) bond motifs is 1. The van der Waals surface area contributed by atoms with Gasteiger partial charge in [0, 0.05) is 59.5 Å². The zero-order valence-corrected chi connectivity index (χ0v) is 16.6. The van der Waals surface area contributed by atoms with E-state index in [1.165, 1.54) is 4.90 Å². The van der Waals surface area contributed by atoms with Gasteiger partial charge in [-0.2, -0.15) is 0 Å². The molecule has 3 heterocycles. The molecule has 1 aliphatic heterocycles. The molecule has 6 nitrogen and oxygen atoms in total. The van der Waals surface area contributed by atoms with Gasteiger partial charge in [-0.15, -0.1) is 16.9 Å². The van der Waals surface area contributed by atoms with Crippen molar-refractivity contribution in [3.8, 4) is 0 Å². The minimum atomic E-state index is 0.712. The summed E-state index contributed by atoms with van der Waals surface area (Å²) in [6.07, 6.45) is 4.83. The van der Waals surface area contributed by atoms with Crippen LogP contribution in [-0.2, 0) is 17.7 Å². The van der Waals surface area contributed by atoms with Crippen molar-refractivity contribution in [3.63, 3.8) is 0 Å². The third-order valence-electron chi connectivity index (χ3n) is 4.62. The summed E-state index contributed by atoms with van der Waals surface area (Å²) in [7, 11) is 0. The molecule has 0 amide bonds. The lowest BCUT2D eigenvalue weighted by Gasteiger charge is -2.25. The molecule has 1 saturated heterocycles. The second kappa shape index (κ2) is 9.01. The Morgan fingerprint density at radius 3 is 2.93 bits per heavy atom. The van der Waals surface area contributed by atoms with Crippen LogP contribution >= 0.6 is 23.4 Å². The summed E-state index contributed by atoms with van der Waals surface area (Å²) in [4.78, 5) is 8.02. The summed E-state index contributed by atoms with van der Waals surface area (Å²) < 4.78 is 7.32. The van der Waals surface area contributed by atoms with Crippen molar-refractivity contribution in [2.45, 2.75) is 17.9 Å². The summed E-state index contributed by atoms with van der Waals surface area (Å²) >= 11 is 7.86. The lowest BCUT2D eigenvalue weighted by molar-refractivity contribution is 0.0383. The van der Waals surface area contributed by atoms with Crippen LogP contribution in [0.3, 0.4) is 0 Å². The first-order chi connectivity index (χ1) is 13.3. The van der Waals surface area contributed by atoms with E-state index < -0.39 is 0 Å². The number of hydrogen-bond acceptors (Lipinski definition) is 6. The molecule has 0 saturated carbocycles. The van der Waals surface area contributed by atoms with E-state index in [4.69, 9.17) is 16.3 Å². The number of morpholine rings is 1. The number of hydrogen-bond donors (Lipinski definition) is 0. The summed E-state index contributed by atoms with van der Waals surface area (Å²) in [5, 5.41) is 10.4. The minimum Gasteiger partial charge on any atom is -0.379 e. The largest absolute Gasteiger partial charge is 0.379 e. The Labute approximate surface area is 167 Å². The van der Waals surface area contributed by atoms with E-state index >= 15 is 0 Å². The van der Waals surface area contributed by atoms with Crippen LogP contribution in [0.15, 0.2) is 41.6 Å². The SMILES string of the molecule is Clc1ccc2c(SCCn3cc(CCN4CCOCC4)nn3)ccnc2c1. The average Bonchev–Trinajstić information content (AvgIpc) is 3.15. The number of ether oxygens (including phenoxy) is 1. The first-order valence-electron chi connectivity index (χ1n) is 9.14. The maximum atomic E-state index is 6.06. The van der Waals surface area contributed by atoms with Crippen LogP contribution in [0.4, 0.5) is 0 Å². The number of benzene rings is 1. The van der Waals surface area contributed by atoms with Crippen LogP contribution in [-0.4, -0.2) is 63.5 Å². The summed E-state index contributed by atoms with van der Waals surface area (Å²) in [5.41, 5.74) is 1.98. The summed E-state index contributed by atoms with van der Waals surface area (Å²) in [6.45, 7) is 5.53. The van der Waals surface area contributed by atoms with Gasteiger partial charge in [0.1, 0.15) is 0 Å². The van der Waals surface area contributed by atoms with Crippen molar-refractivity contribution in [2.75, 3.05) is 38.6 Å². The van der Waals surface area contributed by atoms with Crippen LogP contribution in [0.2, 0.25) is 5.02 Å². The van der Waals surface area contributed by atoms with E-state index in [9.17, 15) is 0 Å². The summed E-state index contributed by atoms with van der Waals surface area (Å²) in [5.74, 6) is 0.925. The zero-order valence-electron chi connectivity index (χ0n) is 15.1. The molecular weight excluding hydrogens is 382 g/mol. The molecule has 8 heteroatoms. The van der Waals surface area contributed by atoms with Crippen molar-refractivity contribution >= 4 is 34.3 Å². The van der Waals surface area contributed by atoms with Crippen LogP contribution in [0.1, 0.15) is 5.69 Å². The van der Waals surface area contributed by atoms with Crippen LogP contribution < -0.4 is 0 Å². The van der Waals surface area contributed by atoms with E-state index in [0.29, 0.717) is 5.02 Å². The molecule has 2 aromatic heterocycles. The zero-order chi connectivity index (χ0) is 18.5. The molecule has 0 atom stereocenters. The van der Waals surface area contributed by atoms with Gasteiger partial charge in [0.2, 0.25) is 0 Å². The molecule has 0 aliphatic carbocycles. The molecule has 1 fully saturated rings. The van der Waals surface area contributed by atoms with E-state index in [1.54, 1.807) is 11.8 Å². The molecule has 142 valence electrons. The van der Waals surface area contributed by atoms with Gasteiger partial charge in [0.05, 0.1) is 31.0 Å². The Balaban J connectivity index is 1.29. The quantitative estimate of drug-likeness (QED) is 0.565. The van der Waals surface area contributed by atoms with Crippen molar-refractivity contribution in [2.24, 2.45) is 0 Å². The lowest BCUT2D eigenvalue weighted by Crippen LogP contribution is -2.37. The first kappa shape index (κ1) is 18.7. The smallest absolute Gasteiger partial charge is 0.0839 e. The Morgan fingerprint density at radius 1 is 1.15 bits per heavy atom. The number of halogens is 1. The fourth-order valence-electron chi connectivity index (χ4n) is 3.13. The topological polar surface area (TPSA) is 56.1 Å². The van der Waals surface area contributed by atoms with E-state index in [2.05, 4.69) is 32.5 Å². The molecule has 0 bridgehead atoms. The first-order valence-corrected chi connectivity index (χ1v) is 10.5. The van der Waals surface area contributed by atoms with Gasteiger partial charge < -0.3 is 4.74 Å². The molecule has 27 heavy (non-hydrogen) atoms. The fraction of sp³-hybridized carbons (Fsp3) is 0.421. The number of nitrogens with zero attached hydrogens (tertiary/aromatic N) is 5. The number of aryl methyl sites for hydroxylation is 1. The average molecular weight is 404 g/mol. The Kier molecular flexibility index (Phi) is 6.24. The molecule has 0 N–H and O–H groups in total. The van der Waals surface area contributed by atoms with E-state index in [-0.39, 0.29) is 0 Å². The lowest BCUT2D eigenvalue weighted by atomic mass is 10.2. The predicted octanol–water partition coefficient (Wildman–Crippen LogP) is 3.15. The van der Waals surface area contributed by atoms with Crippen LogP contribution in [0.5, 0.6) is 0 Å². The molecular formula is C19H22ClN5OS. The second-order valence-electron chi connectivity index (χ2n) is 6.50. The molecule has 1 aromatic carbocycles. The van der Waals surface area contributed by atoms with Crippen LogP contribution in [0, 0.1) is 0 Å². The van der Waals surface area contributed by atoms with Gasteiger partial charge >= 0.3 is 0 Å². The van der Waals surface area contributed by atoms with Crippen molar-refractivity contribution in [3.05, 3.63) is 47.4 Å². The van der Waals surface area contributed by atoms with Gasteiger partial charge in [-0.25, -0.2) is 0 Å². The van der Waals surface area contributed by atoms with Gasteiger partial charge in [-0.05, 0) is 18.2 Å². The van der Waals surface area contributed by atoms with Crippen molar-refractivity contribution in [1.82, 2.24) is 24.9 Å². The second-order valence-corrected chi connectivity index (χ2v) is 8.07. The van der Waals surface area contributed by atoms with Gasteiger partial charge in [-0.1, -0.05) is 22.9 Å². The van der Waals surface area contributed by atoms with Gasteiger partial charge in [0.15, 0.2) is 0 Å². The number of pyridine rings is 1. The van der Waals surface area contributed by atoms with E-state index in [0.717, 1.165) is 68.2 Å². The molecule has 0 spiro atoms. The van der Waals surface area contributed by atoms with Crippen molar-refractivity contribution < 1.29 is 4.74 Å². The number of rotatable bonds is 7. The minimum absolute atomic E-state index is 0.712. The number of thioether (sulfide) groups is 1. The summed E-state index contributed by atoms with van der Waals surface area (Å²) in [6, 6.07) is 7.90. The maximum absolute atomic E-state index is 6.06. The standard InChI is InChI=1S/C19H22ClN5OS/c20-15-1-2-17-18(13-15)21-5-3-19(17)27-12-9-25-14-16(22-23-25)4-6-24-7-10-26-11-8-24/h1-3,5,13-14H,4,6-12H2. The predicted molar refractivity (Wildman–Crippen MR) is 108 cm³/mol. The van der Waals surface area contributed by atoms with Gasteiger partial charge in [-0.3, -0.25) is 14.6 Å². The van der Waals surface area contributed by atoms with Gasteiger partial charge in [0.25, 0.3) is 0 Å². The highest BCUT2D eigenvalue weighted by Crippen LogP contribution is 2.28. The van der Waals surface area contributed by atoms with Crippen LogP contribution in [0.25, 0.3) is 10.9 Å². The monoisotopic (exact) mass is 403 g/mol. The molecule has 3 aromatic rings. The Hall–Kier alpha value is -1.67. The van der Waals surface area contributed by atoms with Crippen molar-refractivity contribution in [1.29, 1.82) is 0 Å². The maximum Gasteiger partial charge on any atom is 0.0839 e. The van der Waals surface area contributed by atoms with E-state index in [1.807, 2.05) is 29.1 Å². The molecule has 0 unspecified atom stereocenters. The highest BCUT2D eigenvalue weighted by molar-refractivity contribution is 7.99. The fourth-order valence-corrected chi connectivity index (χ4v) is 4.28. The molecule has 0 radical (unpaired) electrons.